The molecule has 0 fully saturated rings. The van der Waals surface area contributed by atoms with Crippen molar-refractivity contribution in [1.82, 2.24) is 0 Å². The van der Waals surface area contributed by atoms with E-state index in [0.717, 1.165) is 18.9 Å². The van der Waals surface area contributed by atoms with Crippen molar-refractivity contribution in [1.29, 1.82) is 0 Å². The Labute approximate surface area is 153 Å². The molecule has 4 heteroatoms. The molecule has 0 aromatic heterocycles. The van der Waals surface area contributed by atoms with Crippen LogP contribution < -0.4 is 10.5 Å². The number of hydrogen-bond donors (Lipinski definition) is 0. The fourth-order valence-corrected chi connectivity index (χ4v) is 8.94. The molecule has 0 bridgehead atoms. The number of benzene rings is 3. The summed E-state index contributed by atoms with van der Waals surface area (Å²) in [5, 5.41) is 0. The molecule has 122 valence electrons. The summed E-state index contributed by atoms with van der Waals surface area (Å²) in [7, 11) is 0. The molecule has 0 atom stereocenters. The Bertz CT molecular complexity index is 759. The van der Waals surface area contributed by atoms with Crippen LogP contribution in [0.2, 0.25) is 0 Å². The summed E-state index contributed by atoms with van der Waals surface area (Å²) < 4.78 is 3.64. The maximum atomic E-state index is 10.9. The van der Waals surface area contributed by atoms with Gasteiger partial charge < -0.3 is 0 Å². The second kappa shape index (κ2) is 8.04. The third-order valence-electron chi connectivity index (χ3n) is 3.86. The van der Waals surface area contributed by atoms with Crippen LogP contribution in [0.25, 0.3) is 0 Å². The quantitative estimate of drug-likeness (QED) is 0.436. The summed E-state index contributed by atoms with van der Waals surface area (Å²) in [6.07, 6.45) is 2.51. The van der Waals surface area contributed by atoms with Gasteiger partial charge in [-0.3, -0.25) is 0 Å². The van der Waals surface area contributed by atoms with Gasteiger partial charge in [0.25, 0.3) is 0 Å². The van der Waals surface area contributed by atoms with Gasteiger partial charge in [-0.1, -0.05) is 0 Å². The van der Waals surface area contributed by atoms with E-state index in [0.29, 0.717) is 16.7 Å². The monoisotopic (exact) mass is 436 g/mol. The van der Waals surface area contributed by atoms with Crippen LogP contribution in [0.5, 0.6) is 0 Å². The second-order valence-electron chi connectivity index (χ2n) is 5.46. The van der Waals surface area contributed by atoms with Crippen LogP contribution in [0, 0.1) is 0 Å². The molecular weight excluding hydrogens is 422 g/mol. The van der Waals surface area contributed by atoms with Crippen molar-refractivity contribution >= 4 is 49.6 Å². The first-order valence-electron chi connectivity index (χ1n) is 7.71. The minimum absolute atomic E-state index is 0.650. The second-order valence-corrected chi connectivity index (χ2v) is 11.8. The van der Waals surface area contributed by atoms with E-state index in [4.69, 9.17) is 0 Å². The standard InChI is InChI=1S/3C7H5O.Sb/c3*8-6-7-4-2-1-3-5-7;/h3*2-6H;. The molecule has 0 N–H and O–H groups in total. The molecule has 0 unspecified atom stereocenters. The normalized spacial score (nSPS) is 10.4. The number of hydrogen-bond acceptors (Lipinski definition) is 3. The van der Waals surface area contributed by atoms with Crippen LogP contribution in [0.1, 0.15) is 31.1 Å². The summed E-state index contributed by atoms with van der Waals surface area (Å²) in [4.78, 5) is 32.8. The molecule has 3 aromatic carbocycles. The molecule has 3 nitrogen and oxygen atoms in total. The molecule has 0 spiro atoms. The van der Waals surface area contributed by atoms with Gasteiger partial charge in [0.05, 0.1) is 0 Å². The van der Waals surface area contributed by atoms with E-state index in [9.17, 15) is 14.4 Å². The maximum absolute atomic E-state index is 10.9. The molecule has 0 saturated carbocycles. The first-order valence-corrected chi connectivity index (χ1v) is 11.5. The Balaban J connectivity index is 2.09. The number of aldehydes is 3. The first-order chi connectivity index (χ1) is 12.2. The van der Waals surface area contributed by atoms with E-state index >= 15 is 0 Å². The average Bonchev–Trinajstić information content (AvgIpc) is 2.70. The number of rotatable bonds is 6. The van der Waals surface area contributed by atoms with Gasteiger partial charge in [-0.2, -0.15) is 0 Å². The van der Waals surface area contributed by atoms with Crippen LogP contribution in [0.3, 0.4) is 0 Å². The van der Waals surface area contributed by atoms with Crippen LogP contribution >= 0.6 is 0 Å². The van der Waals surface area contributed by atoms with Crippen LogP contribution in [0.4, 0.5) is 0 Å². The number of carbonyl (C=O) groups excluding carboxylic acids is 3. The predicted molar refractivity (Wildman–Crippen MR) is 100 cm³/mol. The minimum atomic E-state index is -2.29. The van der Waals surface area contributed by atoms with Crippen LogP contribution in [-0.4, -0.2) is 39.1 Å². The summed E-state index contributed by atoms with van der Waals surface area (Å²) in [6, 6.07) is 23.0. The third kappa shape index (κ3) is 3.94. The van der Waals surface area contributed by atoms with Crippen molar-refractivity contribution in [2.75, 3.05) is 0 Å². The fourth-order valence-electron chi connectivity index (χ4n) is 2.55. The average molecular weight is 437 g/mol. The van der Waals surface area contributed by atoms with Crippen molar-refractivity contribution in [3.05, 3.63) is 89.5 Å². The van der Waals surface area contributed by atoms with E-state index in [-0.39, 0.29) is 0 Å². The molecule has 0 saturated heterocycles. The van der Waals surface area contributed by atoms with Crippen molar-refractivity contribution in [3.63, 3.8) is 0 Å². The zero-order chi connectivity index (χ0) is 17.6. The molecule has 0 heterocycles. The molecular formula is C21H15O3Sb. The molecule has 0 aliphatic carbocycles. The van der Waals surface area contributed by atoms with Crippen LogP contribution in [-0.2, 0) is 0 Å². The van der Waals surface area contributed by atoms with E-state index in [1.165, 1.54) is 10.5 Å². The Hall–Kier alpha value is -2.51. The molecule has 3 aromatic rings. The van der Waals surface area contributed by atoms with E-state index in [1.54, 1.807) is 0 Å². The first kappa shape index (κ1) is 17.3. The van der Waals surface area contributed by atoms with Gasteiger partial charge in [-0.05, 0) is 0 Å². The Morgan fingerprint density at radius 3 is 0.880 bits per heavy atom. The van der Waals surface area contributed by atoms with Crippen LogP contribution in [0.15, 0.2) is 72.8 Å². The third-order valence-corrected chi connectivity index (χ3v) is 10.8. The van der Waals surface area contributed by atoms with Crippen molar-refractivity contribution in [2.24, 2.45) is 0 Å². The zero-order valence-corrected chi connectivity index (χ0v) is 15.9. The Morgan fingerprint density at radius 2 is 0.680 bits per heavy atom. The Kier molecular flexibility index (Phi) is 5.57. The predicted octanol–water partition coefficient (Wildman–Crippen LogP) is 1.64. The summed E-state index contributed by atoms with van der Waals surface area (Å²) >= 11 is -2.29. The zero-order valence-electron chi connectivity index (χ0n) is 13.3. The van der Waals surface area contributed by atoms with Gasteiger partial charge in [-0.25, -0.2) is 0 Å². The fraction of sp³-hybridized carbons (Fsp3) is 0. The van der Waals surface area contributed by atoms with Gasteiger partial charge in [-0.15, -0.1) is 0 Å². The molecule has 0 aliphatic rings. The SMILES string of the molecule is O=Cc1cc[c]([Sb]([c]2ccc(C=O)cc2)[c]2ccc(C=O)cc2)cc1. The van der Waals surface area contributed by atoms with E-state index in [1.807, 2.05) is 72.8 Å². The van der Waals surface area contributed by atoms with E-state index < -0.39 is 20.2 Å². The van der Waals surface area contributed by atoms with Gasteiger partial charge in [0.2, 0.25) is 0 Å². The summed E-state index contributed by atoms with van der Waals surface area (Å²) in [6.45, 7) is 0. The molecule has 0 radical (unpaired) electrons. The molecule has 3 rings (SSSR count). The van der Waals surface area contributed by atoms with Gasteiger partial charge >= 0.3 is 153 Å². The van der Waals surface area contributed by atoms with E-state index in [2.05, 4.69) is 0 Å². The molecule has 0 aliphatic heterocycles. The van der Waals surface area contributed by atoms with Gasteiger partial charge in [0.15, 0.2) is 0 Å². The van der Waals surface area contributed by atoms with Gasteiger partial charge in [0, 0.05) is 0 Å². The molecule has 0 amide bonds. The van der Waals surface area contributed by atoms with Crippen molar-refractivity contribution in [2.45, 2.75) is 0 Å². The number of carbonyl (C=O) groups is 3. The van der Waals surface area contributed by atoms with Gasteiger partial charge in [0.1, 0.15) is 0 Å². The summed E-state index contributed by atoms with van der Waals surface area (Å²) in [5.41, 5.74) is 1.95. The topological polar surface area (TPSA) is 51.2 Å². The van der Waals surface area contributed by atoms with Crippen molar-refractivity contribution in [3.8, 4) is 0 Å². The molecule has 25 heavy (non-hydrogen) atoms. The van der Waals surface area contributed by atoms with Crippen molar-refractivity contribution < 1.29 is 14.4 Å². The summed E-state index contributed by atoms with van der Waals surface area (Å²) in [5.74, 6) is 0. The Morgan fingerprint density at radius 1 is 0.440 bits per heavy atom.